The summed E-state index contributed by atoms with van der Waals surface area (Å²) in [6.45, 7) is 6.47. The highest BCUT2D eigenvalue weighted by atomic mass is 16.6. The molecule has 0 fully saturated rings. The van der Waals surface area contributed by atoms with E-state index in [0.29, 0.717) is 19.3 Å². The lowest BCUT2D eigenvalue weighted by atomic mass is 10.0. The number of rotatable bonds is 51. The number of carbonyl (C=O) groups excluding carboxylic acids is 3. The molecule has 0 saturated heterocycles. The van der Waals surface area contributed by atoms with Gasteiger partial charge >= 0.3 is 17.9 Å². The second-order valence-corrected chi connectivity index (χ2v) is 18.8. The van der Waals surface area contributed by atoms with Crippen molar-refractivity contribution in [2.75, 3.05) is 13.2 Å². The molecule has 0 heterocycles. The maximum Gasteiger partial charge on any atom is 0.306 e. The standard InChI is InChI=1S/C59H106O6/c1-4-7-10-13-15-17-19-21-23-25-27-29-31-33-35-37-39-41-43-46-49-52-58(61)64-55-56(54-63-57(60)51-48-45-12-9-6-3)65-59(62)53-50-47-44-42-40-38-36-34-32-30-28-26-24-22-20-18-16-14-11-8-5-2/h7,10,15,17,21,23,27,29,56H,4-6,8-9,11-14,16,18-20,22,24-26,28,30-55H2,1-3H3/b10-7-,17-15-,23-21-,29-27-. The van der Waals surface area contributed by atoms with Crippen LogP contribution in [0.1, 0.15) is 290 Å². The third kappa shape index (κ3) is 52.2. The Labute approximate surface area is 403 Å². The van der Waals surface area contributed by atoms with E-state index in [2.05, 4.69) is 69.4 Å². The Kier molecular flexibility index (Phi) is 51.8. The minimum absolute atomic E-state index is 0.0738. The maximum atomic E-state index is 12.8. The second-order valence-electron chi connectivity index (χ2n) is 18.8. The summed E-state index contributed by atoms with van der Waals surface area (Å²) >= 11 is 0. The normalized spacial score (nSPS) is 12.4. The quantitative estimate of drug-likeness (QED) is 0.0262. The van der Waals surface area contributed by atoms with Gasteiger partial charge in [0.25, 0.3) is 0 Å². The Bertz CT molecular complexity index is 1140. The van der Waals surface area contributed by atoms with Crippen LogP contribution >= 0.6 is 0 Å². The fourth-order valence-corrected chi connectivity index (χ4v) is 8.14. The van der Waals surface area contributed by atoms with Crippen molar-refractivity contribution in [2.24, 2.45) is 0 Å². The highest BCUT2D eigenvalue weighted by Gasteiger charge is 2.19. The molecule has 65 heavy (non-hydrogen) atoms. The van der Waals surface area contributed by atoms with Gasteiger partial charge in [-0.25, -0.2) is 0 Å². The number of ether oxygens (including phenoxy) is 3. The first-order valence-corrected chi connectivity index (χ1v) is 28.1. The average molecular weight is 911 g/mol. The summed E-state index contributed by atoms with van der Waals surface area (Å²) < 4.78 is 16.7. The van der Waals surface area contributed by atoms with Gasteiger partial charge in [0, 0.05) is 19.3 Å². The molecule has 0 N–H and O–H groups in total. The summed E-state index contributed by atoms with van der Waals surface area (Å²) in [5, 5.41) is 0. The molecule has 0 aliphatic carbocycles. The molecule has 378 valence electrons. The molecule has 6 heteroatoms. The molecule has 0 aromatic rings. The molecule has 0 rings (SSSR count). The van der Waals surface area contributed by atoms with E-state index in [9.17, 15) is 14.4 Å². The SMILES string of the molecule is CC/C=C\C/C=C\C/C=C\C/C=C\CCCCCCCCCCC(=O)OCC(COC(=O)CCCCCCC)OC(=O)CCCCCCCCCCCCCCCCCCCCCCC. The first kappa shape index (κ1) is 62.4. The van der Waals surface area contributed by atoms with E-state index in [-0.39, 0.29) is 31.1 Å². The Morgan fingerprint density at radius 1 is 0.323 bits per heavy atom. The Balaban J connectivity index is 4.09. The van der Waals surface area contributed by atoms with Crippen molar-refractivity contribution >= 4 is 17.9 Å². The van der Waals surface area contributed by atoms with Crippen molar-refractivity contribution in [3.8, 4) is 0 Å². The van der Waals surface area contributed by atoms with Gasteiger partial charge in [0.15, 0.2) is 6.10 Å². The van der Waals surface area contributed by atoms with Crippen LogP contribution in [0.25, 0.3) is 0 Å². The van der Waals surface area contributed by atoms with Gasteiger partial charge in [-0.2, -0.15) is 0 Å². The summed E-state index contributed by atoms with van der Waals surface area (Å²) in [6, 6.07) is 0. The zero-order chi connectivity index (χ0) is 47.2. The molecule has 1 unspecified atom stereocenters. The number of allylic oxidation sites excluding steroid dienone is 8. The fraction of sp³-hybridized carbons (Fsp3) is 0.814. The zero-order valence-corrected chi connectivity index (χ0v) is 43.3. The van der Waals surface area contributed by atoms with Crippen LogP contribution in [0.3, 0.4) is 0 Å². The molecule has 0 saturated carbocycles. The van der Waals surface area contributed by atoms with Crippen molar-refractivity contribution in [3.63, 3.8) is 0 Å². The summed E-state index contributed by atoms with van der Waals surface area (Å²) in [5.41, 5.74) is 0. The van der Waals surface area contributed by atoms with E-state index < -0.39 is 6.10 Å². The molecular formula is C59H106O6. The lowest BCUT2D eigenvalue weighted by molar-refractivity contribution is -0.167. The van der Waals surface area contributed by atoms with Crippen LogP contribution in [-0.4, -0.2) is 37.2 Å². The summed E-state index contributed by atoms with van der Waals surface area (Å²) in [5.74, 6) is -0.883. The number of carbonyl (C=O) groups is 3. The van der Waals surface area contributed by atoms with E-state index in [1.807, 2.05) is 0 Å². The predicted molar refractivity (Wildman–Crippen MR) is 279 cm³/mol. The molecule has 0 aromatic carbocycles. The second kappa shape index (κ2) is 54.0. The third-order valence-electron chi connectivity index (χ3n) is 12.3. The minimum Gasteiger partial charge on any atom is -0.462 e. The van der Waals surface area contributed by atoms with Crippen LogP contribution in [0.2, 0.25) is 0 Å². The minimum atomic E-state index is -0.770. The fourth-order valence-electron chi connectivity index (χ4n) is 8.14. The van der Waals surface area contributed by atoms with Crippen LogP contribution in [-0.2, 0) is 28.6 Å². The van der Waals surface area contributed by atoms with Crippen LogP contribution in [0, 0.1) is 0 Å². The highest BCUT2D eigenvalue weighted by molar-refractivity contribution is 5.71. The molecule has 0 aromatic heterocycles. The van der Waals surface area contributed by atoms with Crippen molar-refractivity contribution in [1.29, 1.82) is 0 Å². The van der Waals surface area contributed by atoms with Gasteiger partial charge in [-0.1, -0.05) is 262 Å². The lowest BCUT2D eigenvalue weighted by Crippen LogP contribution is -2.30. The molecule has 6 nitrogen and oxygen atoms in total. The number of unbranched alkanes of at least 4 members (excludes halogenated alkanes) is 32. The molecular weight excluding hydrogens is 805 g/mol. The Morgan fingerprint density at radius 3 is 0.938 bits per heavy atom. The maximum absolute atomic E-state index is 12.8. The lowest BCUT2D eigenvalue weighted by Gasteiger charge is -2.18. The van der Waals surface area contributed by atoms with E-state index in [0.717, 1.165) is 96.3 Å². The van der Waals surface area contributed by atoms with Crippen molar-refractivity contribution in [2.45, 2.75) is 297 Å². The molecule has 1 atom stereocenters. The van der Waals surface area contributed by atoms with Crippen molar-refractivity contribution in [1.82, 2.24) is 0 Å². The Morgan fingerprint density at radius 2 is 0.600 bits per heavy atom. The van der Waals surface area contributed by atoms with Gasteiger partial charge in [-0.15, -0.1) is 0 Å². The zero-order valence-electron chi connectivity index (χ0n) is 43.3. The predicted octanol–water partition coefficient (Wildman–Crippen LogP) is 18.7. The highest BCUT2D eigenvalue weighted by Crippen LogP contribution is 2.17. The van der Waals surface area contributed by atoms with Gasteiger partial charge in [-0.05, 0) is 57.8 Å². The molecule has 0 aliphatic rings. The third-order valence-corrected chi connectivity index (χ3v) is 12.3. The van der Waals surface area contributed by atoms with Crippen molar-refractivity contribution in [3.05, 3.63) is 48.6 Å². The average Bonchev–Trinajstić information content (AvgIpc) is 3.30. The number of hydrogen-bond donors (Lipinski definition) is 0. The van der Waals surface area contributed by atoms with E-state index >= 15 is 0 Å². The van der Waals surface area contributed by atoms with E-state index in [4.69, 9.17) is 14.2 Å². The topological polar surface area (TPSA) is 78.9 Å². The number of esters is 3. The summed E-state index contributed by atoms with van der Waals surface area (Å²) in [6.07, 6.45) is 65.7. The van der Waals surface area contributed by atoms with E-state index in [1.165, 1.54) is 154 Å². The monoisotopic (exact) mass is 911 g/mol. The van der Waals surface area contributed by atoms with Gasteiger partial charge < -0.3 is 14.2 Å². The smallest absolute Gasteiger partial charge is 0.306 e. The van der Waals surface area contributed by atoms with Gasteiger partial charge in [0.05, 0.1) is 0 Å². The molecule has 0 bridgehead atoms. The van der Waals surface area contributed by atoms with Gasteiger partial charge in [-0.3, -0.25) is 14.4 Å². The first-order chi connectivity index (χ1) is 32.0. The van der Waals surface area contributed by atoms with E-state index in [1.54, 1.807) is 0 Å². The molecule has 0 spiro atoms. The van der Waals surface area contributed by atoms with Gasteiger partial charge in [0.1, 0.15) is 13.2 Å². The molecule has 0 amide bonds. The van der Waals surface area contributed by atoms with Crippen LogP contribution in [0.4, 0.5) is 0 Å². The summed E-state index contributed by atoms with van der Waals surface area (Å²) in [4.78, 5) is 37.8. The largest absolute Gasteiger partial charge is 0.462 e. The van der Waals surface area contributed by atoms with Crippen LogP contribution in [0.5, 0.6) is 0 Å². The van der Waals surface area contributed by atoms with Gasteiger partial charge in [0.2, 0.25) is 0 Å². The Hall–Kier alpha value is -2.63. The first-order valence-electron chi connectivity index (χ1n) is 28.1. The molecule has 0 radical (unpaired) electrons. The number of hydrogen-bond acceptors (Lipinski definition) is 6. The van der Waals surface area contributed by atoms with Crippen LogP contribution in [0.15, 0.2) is 48.6 Å². The summed E-state index contributed by atoms with van der Waals surface area (Å²) in [7, 11) is 0. The van der Waals surface area contributed by atoms with Crippen molar-refractivity contribution < 1.29 is 28.6 Å². The van der Waals surface area contributed by atoms with Crippen LogP contribution < -0.4 is 0 Å². The molecule has 0 aliphatic heterocycles.